The summed E-state index contributed by atoms with van der Waals surface area (Å²) in [5.74, 6) is 11.0. The van der Waals surface area contributed by atoms with Gasteiger partial charge in [0.2, 0.25) is 0 Å². The maximum atomic E-state index is 12.5. The van der Waals surface area contributed by atoms with Crippen LogP contribution >= 0.6 is 0 Å². The molecule has 0 spiro atoms. The number of nitrogens with zero attached hydrogens (tertiary/aromatic N) is 1. The average molecular weight is 424 g/mol. The average Bonchev–Trinajstić information content (AvgIpc) is 2.74. The van der Waals surface area contributed by atoms with Crippen LogP contribution in [0.4, 0.5) is 0 Å². The zero-order valence-electron chi connectivity index (χ0n) is 18.5. The predicted octanol–water partition coefficient (Wildman–Crippen LogP) is 3.76. The minimum atomic E-state index is 0.167. The minimum absolute atomic E-state index is 0.167. The summed E-state index contributed by atoms with van der Waals surface area (Å²) in [5, 5.41) is 1.46. The van der Waals surface area contributed by atoms with Gasteiger partial charge in [0.1, 0.15) is 23.8 Å². The van der Waals surface area contributed by atoms with Gasteiger partial charge in [-0.25, -0.2) is 5.84 Å². The molecule has 0 aromatic heterocycles. The summed E-state index contributed by atoms with van der Waals surface area (Å²) in [6.07, 6.45) is 15.3. The van der Waals surface area contributed by atoms with Crippen molar-refractivity contribution in [3.05, 3.63) is 59.5 Å². The van der Waals surface area contributed by atoms with Gasteiger partial charge < -0.3 is 15.2 Å². The lowest BCUT2D eigenvalue weighted by atomic mass is 9.81. The molecule has 1 saturated carbocycles. The molecular weight excluding hydrogens is 390 g/mol. The number of ether oxygens (including phenoxy) is 2. The van der Waals surface area contributed by atoms with Crippen molar-refractivity contribution >= 4 is 11.5 Å². The van der Waals surface area contributed by atoms with Gasteiger partial charge in [-0.15, -0.1) is 6.42 Å². The van der Waals surface area contributed by atoms with Crippen LogP contribution in [0, 0.1) is 18.3 Å². The van der Waals surface area contributed by atoms with E-state index in [-0.39, 0.29) is 11.7 Å². The van der Waals surface area contributed by atoms with Crippen molar-refractivity contribution in [2.75, 3.05) is 20.3 Å². The molecule has 1 fully saturated rings. The van der Waals surface area contributed by atoms with Crippen molar-refractivity contribution in [1.29, 1.82) is 0 Å². The molecule has 2 rings (SSSR count). The third-order valence-corrected chi connectivity index (χ3v) is 5.30. The fourth-order valence-electron chi connectivity index (χ4n) is 3.12. The van der Waals surface area contributed by atoms with Gasteiger partial charge in [0, 0.05) is 18.9 Å². The molecular formula is C25H33N3O3. The lowest BCUT2D eigenvalue weighted by Crippen LogP contribution is -2.29. The van der Waals surface area contributed by atoms with E-state index in [2.05, 4.69) is 5.92 Å². The highest BCUT2D eigenvalue weighted by molar-refractivity contribution is 5.84. The Balaban J connectivity index is 2.27. The van der Waals surface area contributed by atoms with Crippen LogP contribution in [-0.2, 0) is 9.53 Å². The van der Waals surface area contributed by atoms with Crippen molar-refractivity contribution in [2.24, 2.45) is 17.5 Å². The Labute approximate surface area is 185 Å². The largest absolute Gasteiger partial charge is 0.502 e. The summed E-state index contributed by atoms with van der Waals surface area (Å²) < 4.78 is 10.7. The number of carbonyl (C=O) groups excluding carboxylic acids is 1. The minimum Gasteiger partial charge on any atom is -0.502 e. The van der Waals surface area contributed by atoms with Crippen LogP contribution in [0.3, 0.4) is 0 Å². The predicted molar refractivity (Wildman–Crippen MR) is 124 cm³/mol. The molecule has 166 valence electrons. The lowest BCUT2D eigenvalue weighted by Gasteiger charge is -2.25. The highest BCUT2D eigenvalue weighted by Crippen LogP contribution is 2.29. The Morgan fingerprint density at radius 2 is 1.97 bits per heavy atom. The molecule has 0 amide bonds. The summed E-state index contributed by atoms with van der Waals surface area (Å²) in [4.78, 5) is 12.5. The van der Waals surface area contributed by atoms with Gasteiger partial charge in [-0.05, 0) is 68.2 Å². The maximum absolute atomic E-state index is 12.5. The Morgan fingerprint density at radius 3 is 2.52 bits per heavy atom. The molecule has 0 radical (unpaired) electrons. The fraction of sp³-hybridized carbons (Fsp3) is 0.400. The summed E-state index contributed by atoms with van der Waals surface area (Å²) >= 11 is 0. The molecule has 0 heterocycles. The monoisotopic (exact) mass is 423 g/mol. The lowest BCUT2D eigenvalue weighted by molar-refractivity contribution is -0.124. The third kappa shape index (κ3) is 7.32. The number of allylic oxidation sites excluding steroid dienone is 5. The number of terminal acetylenes is 1. The molecule has 0 atom stereocenters. The zero-order chi connectivity index (χ0) is 22.6. The highest BCUT2D eigenvalue weighted by atomic mass is 16.5. The Kier molecular flexibility index (Phi) is 9.89. The smallest absolute Gasteiger partial charge is 0.139 e. The van der Waals surface area contributed by atoms with E-state index in [9.17, 15) is 4.79 Å². The van der Waals surface area contributed by atoms with Gasteiger partial charge in [-0.3, -0.25) is 9.80 Å². The molecule has 0 unspecified atom stereocenters. The summed E-state index contributed by atoms with van der Waals surface area (Å²) in [5.41, 5.74) is 7.52. The van der Waals surface area contributed by atoms with E-state index in [1.165, 1.54) is 5.01 Å². The maximum Gasteiger partial charge on any atom is 0.139 e. The van der Waals surface area contributed by atoms with Gasteiger partial charge >= 0.3 is 0 Å². The van der Waals surface area contributed by atoms with E-state index >= 15 is 0 Å². The SMILES string of the molecule is C#C/C(=C\C/C=C(\C)OC)N(N)/C(=C\CC(=O)C1CCC1)c1ccc(OCCN)cc1. The molecule has 1 aromatic rings. The van der Waals surface area contributed by atoms with Crippen molar-refractivity contribution < 1.29 is 14.3 Å². The van der Waals surface area contributed by atoms with Crippen LogP contribution in [0.2, 0.25) is 0 Å². The first kappa shape index (κ1) is 24.3. The number of hydrogen-bond donors (Lipinski definition) is 2. The van der Waals surface area contributed by atoms with E-state index < -0.39 is 0 Å². The van der Waals surface area contributed by atoms with Gasteiger partial charge in [0.05, 0.1) is 18.6 Å². The molecule has 0 aliphatic heterocycles. The Morgan fingerprint density at radius 1 is 1.26 bits per heavy atom. The van der Waals surface area contributed by atoms with Crippen molar-refractivity contribution in [3.8, 4) is 18.1 Å². The van der Waals surface area contributed by atoms with E-state index in [1.807, 2.05) is 49.4 Å². The standard InChI is InChI=1S/C25H33N3O3/c1-4-22(10-5-7-19(2)30-3)28(27)24(15-16-25(29)21-8-6-9-21)20-11-13-23(14-12-20)31-18-17-26/h1,7,10-15,21H,5-6,8-9,16-18,26-27H2,2-3H3/b19-7+,22-10+,24-15-. The first-order valence-electron chi connectivity index (χ1n) is 10.6. The van der Waals surface area contributed by atoms with Crippen LogP contribution in [0.1, 0.15) is 44.6 Å². The number of benzene rings is 1. The third-order valence-electron chi connectivity index (χ3n) is 5.30. The van der Waals surface area contributed by atoms with Crippen molar-refractivity contribution in [3.63, 3.8) is 0 Å². The molecule has 4 N–H and O–H groups in total. The Bertz CT molecular complexity index is 859. The second-order valence-corrected chi connectivity index (χ2v) is 7.41. The van der Waals surface area contributed by atoms with Crippen molar-refractivity contribution in [2.45, 2.75) is 39.0 Å². The number of nitrogens with two attached hydrogens (primary N) is 2. The molecule has 1 aliphatic rings. The van der Waals surface area contributed by atoms with Gasteiger partial charge in [0.15, 0.2) is 0 Å². The van der Waals surface area contributed by atoms with Crippen LogP contribution in [-0.4, -0.2) is 31.1 Å². The first-order chi connectivity index (χ1) is 15.0. The number of hydrogen-bond acceptors (Lipinski definition) is 6. The van der Waals surface area contributed by atoms with Crippen LogP contribution in [0.15, 0.2) is 53.9 Å². The summed E-state index contributed by atoms with van der Waals surface area (Å²) in [6.45, 7) is 2.76. The number of methoxy groups -OCH3 is 1. The molecule has 6 heteroatoms. The van der Waals surface area contributed by atoms with E-state index in [0.29, 0.717) is 37.4 Å². The highest BCUT2D eigenvalue weighted by Gasteiger charge is 2.24. The topological polar surface area (TPSA) is 90.8 Å². The second-order valence-electron chi connectivity index (χ2n) is 7.41. The number of rotatable bonds is 12. The van der Waals surface area contributed by atoms with Gasteiger partial charge in [-0.1, -0.05) is 18.4 Å². The molecule has 6 nitrogen and oxygen atoms in total. The molecule has 0 bridgehead atoms. The summed E-state index contributed by atoms with van der Waals surface area (Å²) in [6, 6.07) is 7.50. The van der Waals surface area contributed by atoms with Crippen LogP contribution in [0.25, 0.3) is 5.70 Å². The normalized spacial score (nSPS) is 15.1. The zero-order valence-corrected chi connectivity index (χ0v) is 18.5. The molecule has 31 heavy (non-hydrogen) atoms. The molecule has 1 aliphatic carbocycles. The summed E-state index contributed by atoms with van der Waals surface area (Å²) in [7, 11) is 1.62. The fourth-order valence-corrected chi connectivity index (χ4v) is 3.12. The van der Waals surface area contributed by atoms with Gasteiger partial charge in [-0.2, -0.15) is 0 Å². The van der Waals surface area contributed by atoms with Gasteiger partial charge in [0.25, 0.3) is 0 Å². The van der Waals surface area contributed by atoms with E-state index in [0.717, 1.165) is 36.3 Å². The van der Waals surface area contributed by atoms with Crippen LogP contribution < -0.4 is 16.3 Å². The quantitative estimate of drug-likeness (QED) is 0.230. The number of Topliss-reactive ketones (excluding diaryl/α,β-unsaturated/α-hetero) is 1. The molecule has 0 saturated heterocycles. The van der Waals surface area contributed by atoms with Crippen molar-refractivity contribution in [1.82, 2.24) is 5.01 Å². The number of ketones is 1. The first-order valence-corrected chi connectivity index (χ1v) is 10.6. The van der Waals surface area contributed by atoms with Crippen LogP contribution in [0.5, 0.6) is 5.75 Å². The van der Waals surface area contributed by atoms with E-state index in [1.54, 1.807) is 7.11 Å². The van der Waals surface area contributed by atoms with E-state index in [4.69, 9.17) is 27.5 Å². The number of carbonyl (C=O) groups is 1. The Hall–Kier alpha value is -3.01. The molecule has 1 aromatic carbocycles. The second kappa shape index (κ2) is 12.6. The number of hydrazine groups is 1.